The van der Waals surface area contributed by atoms with Crippen molar-refractivity contribution in [1.29, 1.82) is 0 Å². The SMILES string of the molecule is O=CN(O)C[C@@H](CC1CCCC1)C(=O)N1CCC[C@H]1C(=O)NC(=O)c1cccs1. The summed E-state index contributed by atoms with van der Waals surface area (Å²) in [6, 6.07) is 2.66. The van der Waals surface area contributed by atoms with Crippen LogP contribution in [-0.4, -0.2) is 58.4 Å². The minimum atomic E-state index is -0.708. The largest absolute Gasteiger partial charge is 0.330 e. The topological polar surface area (TPSA) is 107 Å². The fraction of sp³-hybridized carbons (Fsp3) is 0.600. The molecule has 158 valence electrons. The first kappa shape index (κ1) is 21.4. The Balaban J connectivity index is 1.67. The third-order valence-electron chi connectivity index (χ3n) is 5.79. The number of nitrogens with zero attached hydrogens (tertiary/aromatic N) is 2. The maximum Gasteiger partial charge on any atom is 0.267 e. The van der Waals surface area contributed by atoms with Crippen molar-refractivity contribution in [1.82, 2.24) is 15.3 Å². The highest BCUT2D eigenvalue weighted by Gasteiger charge is 2.39. The Kier molecular flexibility index (Phi) is 7.38. The fourth-order valence-corrected chi connectivity index (χ4v) is 4.99. The molecule has 4 amide bonds. The molecule has 8 nitrogen and oxygen atoms in total. The van der Waals surface area contributed by atoms with Gasteiger partial charge in [0.15, 0.2) is 0 Å². The molecule has 2 heterocycles. The molecule has 1 aliphatic heterocycles. The Hall–Kier alpha value is -2.26. The predicted molar refractivity (Wildman–Crippen MR) is 106 cm³/mol. The third kappa shape index (κ3) is 5.42. The average Bonchev–Trinajstić information content (AvgIpc) is 3.48. The van der Waals surface area contributed by atoms with Crippen LogP contribution >= 0.6 is 11.3 Å². The number of carbonyl (C=O) groups is 4. The summed E-state index contributed by atoms with van der Waals surface area (Å²) in [6.07, 6.45) is 6.37. The van der Waals surface area contributed by atoms with E-state index in [0.717, 1.165) is 25.7 Å². The van der Waals surface area contributed by atoms with Crippen LogP contribution in [0, 0.1) is 11.8 Å². The molecule has 0 spiro atoms. The van der Waals surface area contributed by atoms with Gasteiger partial charge in [-0.2, -0.15) is 0 Å². The van der Waals surface area contributed by atoms with Gasteiger partial charge in [0, 0.05) is 6.54 Å². The number of likely N-dealkylation sites (tertiary alicyclic amines) is 1. The van der Waals surface area contributed by atoms with E-state index >= 15 is 0 Å². The van der Waals surface area contributed by atoms with Crippen LogP contribution in [0.1, 0.15) is 54.6 Å². The standard InChI is InChI=1S/C20H27N3O5S/c24-13-22(28)12-15(11-14-5-1-2-6-14)20(27)23-9-3-7-16(23)18(25)21-19(26)17-8-4-10-29-17/h4,8,10,13-16,28H,1-3,5-7,9,11-12H2,(H,21,25,26)/t15-,16+/m1/s1. The van der Waals surface area contributed by atoms with Crippen LogP contribution in [0.15, 0.2) is 17.5 Å². The number of carbonyl (C=O) groups excluding carboxylic acids is 4. The smallest absolute Gasteiger partial charge is 0.267 e. The highest BCUT2D eigenvalue weighted by molar-refractivity contribution is 7.12. The molecule has 1 aliphatic carbocycles. The number of hydroxylamine groups is 2. The van der Waals surface area contributed by atoms with Gasteiger partial charge in [-0.25, -0.2) is 5.06 Å². The zero-order valence-corrected chi connectivity index (χ0v) is 17.1. The van der Waals surface area contributed by atoms with E-state index < -0.39 is 23.8 Å². The van der Waals surface area contributed by atoms with Crippen molar-refractivity contribution in [2.45, 2.75) is 51.0 Å². The maximum atomic E-state index is 13.2. The summed E-state index contributed by atoms with van der Waals surface area (Å²) in [4.78, 5) is 50.9. The molecule has 0 radical (unpaired) electrons. The predicted octanol–water partition coefficient (Wildman–Crippen LogP) is 2.04. The van der Waals surface area contributed by atoms with Gasteiger partial charge < -0.3 is 4.90 Å². The lowest BCUT2D eigenvalue weighted by molar-refractivity contribution is -0.158. The second-order valence-electron chi connectivity index (χ2n) is 7.80. The maximum absolute atomic E-state index is 13.2. The van der Waals surface area contributed by atoms with Gasteiger partial charge >= 0.3 is 0 Å². The van der Waals surface area contributed by atoms with Gasteiger partial charge in [0.25, 0.3) is 5.91 Å². The molecule has 0 aromatic carbocycles. The van der Waals surface area contributed by atoms with Crippen LogP contribution < -0.4 is 5.32 Å². The van der Waals surface area contributed by atoms with Crippen molar-refractivity contribution in [3.05, 3.63) is 22.4 Å². The highest BCUT2D eigenvalue weighted by atomic mass is 32.1. The molecule has 1 aromatic rings. The molecule has 0 unspecified atom stereocenters. The Morgan fingerprint density at radius 1 is 1.28 bits per heavy atom. The monoisotopic (exact) mass is 421 g/mol. The normalized spacial score (nSPS) is 20.4. The van der Waals surface area contributed by atoms with Gasteiger partial charge in [0.1, 0.15) is 6.04 Å². The minimum Gasteiger partial charge on any atom is -0.330 e. The molecule has 2 aliphatic rings. The fourth-order valence-electron chi connectivity index (χ4n) is 4.37. The van der Waals surface area contributed by atoms with E-state index in [1.807, 2.05) is 0 Å². The molecule has 1 aromatic heterocycles. The number of imide groups is 1. The van der Waals surface area contributed by atoms with Gasteiger partial charge in [0.05, 0.1) is 17.3 Å². The molecule has 0 bridgehead atoms. The van der Waals surface area contributed by atoms with Crippen molar-refractivity contribution in [2.75, 3.05) is 13.1 Å². The van der Waals surface area contributed by atoms with Crippen molar-refractivity contribution >= 4 is 35.5 Å². The van der Waals surface area contributed by atoms with E-state index in [1.165, 1.54) is 16.2 Å². The van der Waals surface area contributed by atoms with Gasteiger partial charge in [-0.15, -0.1) is 11.3 Å². The van der Waals surface area contributed by atoms with Gasteiger partial charge in [-0.3, -0.25) is 29.7 Å². The zero-order chi connectivity index (χ0) is 20.8. The Bertz CT molecular complexity index is 732. The molecule has 2 N–H and O–H groups in total. The van der Waals surface area contributed by atoms with Crippen LogP contribution in [0.2, 0.25) is 0 Å². The zero-order valence-electron chi connectivity index (χ0n) is 16.3. The van der Waals surface area contributed by atoms with Crippen molar-refractivity contribution in [3.63, 3.8) is 0 Å². The summed E-state index contributed by atoms with van der Waals surface area (Å²) >= 11 is 1.24. The van der Waals surface area contributed by atoms with Gasteiger partial charge in [0.2, 0.25) is 18.2 Å². The second-order valence-corrected chi connectivity index (χ2v) is 8.74. The molecule has 2 atom stereocenters. The summed E-state index contributed by atoms with van der Waals surface area (Å²) in [7, 11) is 0. The molecule has 2 fully saturated rings. The number of hydrogen-bond donors (Lipinski definition) is 2. The van der Waals surface area contributed by atoms with Crippen LogP contribution in [0.5, 0.6) is 0 Å². The lowest BCUT2D eigenvalue weighted by Gasteiger charge is -2.30. The van der Waals surface area contributed by atoms with Crippen molar-refractivity contribution in [3.8, 4) is 0 Å². The van der Waals surface area contributed by atoms with E-state index in [2.05, 4.69) is 5.32 Å². The van der Waals surface area contributed by atoms with Crippen LogP contribution in [0.25, 0.3) is 0 Å². The Morgan fingerprint density at radius 3 is 2.69 bits per heavy atom. The first-order valence-electron chi connectivity index (χ1n) is 10.1. The molecule has 1 saturated heterocycles. The summed E-state index contributed by atoms with van der Waals surface area (Å²) in [5, 5.41) is 14.3. The lowest BCUT2D eigenvalue weighted by atomic mass is 9.91. The number of thiophene rings is 1. The van der Waals surface area contributed by atoms with E-state index in [9.17, 15) is 24.4 Å². The number of nitrogens with one attached hydrogen (secondary N) is 1. The van der Waals surface area contributed by atoms with Crippen LogP contribution in [0.4, 0.5) is 0 Å². The van der Waals surface area contributed by atoms with Crippen molar-refractivity contribution in [2.24, 2.45) is 11.8 Å². The van der Waals surface area contributed by atoms with Crippen molar-refractivity contribution < 1.29 is 24.4 Å². The number of rotatable bonds is 8. The summed E-state index contributed by atoms with van der Waals surface area (Å²) in [5.41, 5.74) is 0. The Labute approximate surface area is 173 Å². The first-order valence-corrected chi connectivity index (χ1v) is 11.0. The van der Waals surface area contributed by atoms with E-state index in [-0.39, 0.29) is 12.5 Å². The molecule has 3 rings (SSSR count). The lowest BCUT2D eigenvalue weighted by Crippen LogP contribution is -2.50. The molecule has 1 saturated carbocycles. The second kappa shape index (κ2) is 9.98. The third-order valence-corrected chi connectivity index (χ3v) is 6.66. The Morgan fingerprint density at radius 2 is 2.03 bits per heavy atom. The van der Waals surface area contributed by atoms with E-state index in [4.69, 9.17) is 0 Å². The summed E-state index contributed by atoms with van der Waals surface area (Å²) in [6.45, 7) is 0.343. The molecular weight excluding hydrogens is 394 g/mol. The summed E-state index contributed by atoms with van der Waals surface area (Å²) in [5.74, 6) is -1.35. The molecule has 9 heteroatoms. The first-order chi connectivity index (χ1) is 14.0. The quantitative estimate of drug-likeness (QED) is 0.289. The van der Waals surface area contributed by atoms with Crippen LogP contribution in [-0.2, 0) is 14.4 Å². The highest BCUT2D eigenvalue weighted by Crippen LogP contribution is 2.32. The minimum absolute atomic E-state index is 0.0855. The molecular formula is C20H27N3O5S. The summed E-state index contributed by atoms with van der Waals surface area (Å²) < 4.78 is 0. The van der Waals surface area contributed by atoms with Gasteiger partial charge in [-0.1, -0.05) is 31.7 Å². The number of amides is 4. The molecule has 29 heavy (non-hydrogen) atoms. The van der Waals surface area contributed by atoms with Crippen LogP contribution in [0.3, 0.4) is 0 Å². The van der Waals surface area contributed by atoms with E-state index in [0.29, 0.717) is 48.1 Å². The number of hydrogen-bond acceptors (Lipinski definition) is 6. The van der Waals surface area contributed by atoms with E-state index in [1.54, 1.807) is 17.5 Å². The van der Waals surface area contributed by atoms with Gasteiger partial charge in [-0.05, 0) is 36.6 Å². The average molecular weight is 422 g/mol.